The smallest absolute Gasteiger partial charge is 0.230 e. The van der Waals surface area contributed by atoms with E-state index in [1.807, 2.05) is 35.2 Å². The number of piperazine rings is 1. The van der Waals surface area contributed by atoms with Crippen LogP contribution in [-0.4, -0.2) is 62.8 Å². The Kier molecular flexibility index (Phi) is 6.54. The van der Waals surface area contributed by atoms with E-state index in [2.05, 4.69) is 29.0 Å². The van der Waals surface area contributed by atoms with Gasteiger partial charge in [-0.05, 0) is 74.2 Å². The van der Waals surface area contributed by atoms with E-state index in [4.69, 9.17) is 4.74 Å². The number of carbonyl (C=O) groups excluding carboxylic acids is 1. The van der Waals surface area contributed by atoms with Gasteiger partial charge in [-0.2, -0.15) is 0 Å². The number of benzene rings is 2. The summed E-state index contributed by atoms with van der Waals surface area (Å²) >= 11 is 0. The lowest BCUT2D eigenvalue weighted by Crippen LogP contribution is -2.44. The number of nitrogens with zero attached hydrogens (tertiary/aromatic N) is 3. The maximum Gasteiger partial charge on any atom is 0.230 e. The molecule has 6 nitrogen and oxygen atoms in total. The summed E-state index contributed by atoms with van der Waals surface area (Å²) in [6.45, 7) is 4.83. The average Bonchev–Trinajstić information content (AvgIpc) is 3.46. The van der Waals surface area contributed by atoms with Crippen LogP contribution in [0.3, 0.4) is 0 Å². The molecule has 3 fully saturated rings. The standard InChI is InChI=1S/C28H37N3O3/c1-29-15-17-30(18-16-29)26-10-9-25(34-2)20-22(26)19-21-11-14-31(27(21)32)24-7-5-23(6-8-24)28(33)12-3-4-13-28/h5-10,20-21,33H,3-4,11-19H2,1-2H3. The molecule has 2 aromatic carbocycles. The van der Waals surface area contributed by atoms with Crippen LogP contribution in [-0.2, 0) is 16.8 Å². The second-order valence-electron chi connectivity index (χ2n) is 10.3. The van der Waals surface area contributed by atoms with E-state index in [-0.39, 0.29) is 11.8 Å². The van der Waals surface area contributed by atoms with Gasteiger partial charge in [0.2, 0.25) is 5.91 Å². The molecule has 1 aliphatic carbocycles. The third-order valence-electron chi connectivity index (χ3n) is 8.06. The van der Waals surface area contributed by atoms with Crippen molar-refractivity contribution in [1.29, 1.82) is 0 Å². The largest absolute Gasteiger partial charge is 0.497 e. The Balaban J connectivity index is 1.31. The van der Waals surface area contributed by atoms with Crippen LogP contribution in [0.25, 0.3) is 0 Å². The molecule has 1 amide bonds. The minimum atomic E-state index is -0.692. The molecule has 1 saturated carbocycles. The van der Waals surface area contributed by atoms with E-state index in [1.165, 1.54) is 11.3 Å². The Labute approximate surface area is 203 Å². The zero-order valence-electron chi connectivity index (χ0n) is 20.5. The lowest BCUT2D eigenvalue weighted by Gasteiger charge is -2.35. The molecule has 3 aliphatic rings. The molecule has 6 heteroatoms. The number of methoxy groups -OCH3 is 1. The van der Waals surface area contributed by atoms with Crippen LogP contribution in [0.5, 0.6) is 5.75 Å². The zero-order chi connectivity index (χ0) is 23.7. The van der Waals surface area contributed by atoms with Gasteiger partial charge in [-0.3, -0.25) is 4.79 Å². The van der Waals surface area contributed by atoms with Crippen LogP contribution in [0.15, 0.2) is 42.5 Å². The van der Waals surface area contributed by atoms with Crippen molar-refractivity contribution < 1.29 is 14.6 Å². The molecule has 1 unspecified atom stereocenters. The number of likely N-dealkylation sites (N-methyl/N-ethyl adjacent to an activating group) is 1. The summed E-state index contributed by atoms with van der Waals surface area (Å²) in [6, 6.07) is 14.3. The van der Waals surface area contributed by atoms with Gasteiger partial charge in [-0.1, -0.05) is 25.0 Å². The molecular weight excluding hydrogens is 426 g/mol. The van der Waals surface area contributed by atoms with E-state index in [9.17, 15) is 9.90 Å². The van der Waals surface area contributed by atoms with Crippen LogP contribution in [0.4, 0.5) is 11.4 Å². The quantitative estimate of drug-likeness (QED) is 0.706. The Morgan fingerprint density at radius 1 is 1.00 bits per heavy atom. The first-order valence-electron chi connectivity index (χ1n) is 12.7. The lowest BCUT2D eigenvalue weighted by atomic mass is 9.92. The maximum atomic E-state index is 13.4. The Bertz CT molecular complexity index is 1010. The van der Waals surface area contributed by atoms with Crippen molar-refractivity contribution in [2.45, 2.75) is 44.1 Å². The predicted molar refractivity (Wildman–Crippen MR) is 136 cm³/mol. The normalized spacial score (nSPS) is 23.0. The summed E-state index contributed by atoms with van der Waals surface area (Å²) in [5, 5.41) is 10.9. The molecule has 0 aromatic heterocycles. The highest BCUT2D eigenvalue weighted by Gasteiger charge is 2.35. The number of rotatable bonds is 6. The van der Waals surface area contributed by atoms with Crippen molar-refractivity contribution >= 4 is 17.3 Å². The van der Waals surface area contributed by atoms with Gasteiger partial charge >= 0.3 is 0 Å². The molecule has 1 atom stereocenters. The van der Waals surface area contributed by atoms with E-state index >= 15 is 0 Å². The van der Waals surface area contributed by atoms with Crippen molar-refractivity contribution in [3.8, 4) is 5.75 Å². The second kappa shape index (κ2) is 9.59. The Hall–Kier alpha value is -2.57. The first-order chi connectivity index (χ1) is 16.5. The number of hydrogen-bond donors (Lipinski definition) is 1. The van der Waals surface area contributed by atoms with Crippen molar-refractivity contribution in [2.24, 2.45) is 5.92 Å². The zero-order valence-corrected chi connectivity index (χ0v) is 20.5. The maximum absolute atomic E-state index is 13.4. The summed E-state index contributed by atoms with van der Waals surface area (Å²) in [5.74, 6) is 1.01. The molecule has 2 heterocycles. The van der Waals surface area contributed by atoms with Gasteiger partial charge in [0, 0.05) is 50.0 Å². The number of amides is 1. The third kappa shape index (κ3) is 4.53. The minimum absolute atomic E-state index is 0.0305. The number of ether oxygens (including phenoxy) is 1. The van der Waals surface area contributed by atoms with Gasteiger partial charge in [-0.25, -0.2) is 0 Å². The molecule has 2 aliphatic heterocycles. The van der Waals surface area contributed by atoms with Crippen LogP contribution >= 0.6 is 0 Å². The van der Waals surface area contributed by atoms with Crippen LogP contribution < -0.4 is 14.5 Å². The Morgan fingerprint density at radius 3 is 2.38 bits per heavy atom. The number of aliphatic hydroxyl groups is 1. The Morgan fingerprint density at radius 2 is 1.71 bits per heavy atom. The van der Waals surface area contributed by atoms with Gasteiger partial charge in [0.05, 0.1) is 12.7 Å². The molecule has 182 valence electrons. The molecule has 0 radical (unpaired) electrons. The van der Waals surface area contributed by atoms with Gasteiger partial charge < -0.3 is 24.5 Å². The lowest BCUT2D eigenvalue weighted by molar-refractivity contribution is -0.120. The average molecular weight is 464 g/mol. The molecule has 34 heavy (non-hydrogen) atoms. The van der Waals surface area contributed by atoms with Crippen LogP contribution in [0.2, 0.25) is 0 Å². The summed E-state index contributed by atoms with van der Waals surface area (Å²) < 4.78 is 5.51. The fraction of sp³-hybridized carbons (Fsp3) is 0.536. The van der Waals surface area contributed by atoms with Gasteiger partial charge in [-0.15, -0.1) is 0 Å². The number of hydrogen-bond acceptors (Lipinski definition) is 5. The summed E-state index contributed by atoms with van der Waals surface area (Å²) in [6.07, 6.45) is 5.38. The summed E-state index contributed by atoms with van der Waals surface area (Å²) in [5.41, 5.74) is 3.65. The number of carbonyl (C=O) groups is 1. The van der Waals surface area contributed by atoms with Gasteiger partial charge in [0.1, 0.15) is 5.75 Å². The topological polar surface area (TPSA) is 56.3 Å². The molecule has 2 saturated heterocycles. The van der Waals surface area contributed by atoms with Gasteiger partial charge in [0.25, 0.3) is 0 Å². The van der Waals surface area contributed by atoms with E-state index in [0.717, 1.165) is 88.2 Å². The van der Waals surface area contributed by atoms with Crippen molar-refractivity contribution in [2.75, 3.05) is 56.7 Å². The summed E-state index contributed by atoms with van der Waals surface area (Å²) in [4.78, 5) is 20.1. The minimum Gasteiger partial charge on any atom is -0.497 e. The van der Waals surface area contributed by atoms with Crippen molar-refractivity contribution in [3.63, 3.8) is 0 Å². The highest BCUT2D eigenvalue weighted by atomic mass is 16.5. The molecule has 0 spiro atoms. The van der Waals surface area contributed by atoms with Crippen LogP contribution in [0, 0.1) is 5.92 Å². The fourth-order valence-electron chi connectivity index (χ4n) is 5.86. The number of anilines is 2. The van der Waals surface area contributed by atoms with Crippen molar-refractivity contribution in [3.05, 3.63) is 53.6 Å². The van der Waals surface area contributed by atoms with E-state index in [0.29, 0.717) is 0 Å². The first-order valence-corrected chi connectivity index (χ1v) is 12.7. The molecule has 5 rings (SSSR count). The molecule has 2 aromatic rings. The highest BCUT2D eigenvalue weighted by molar-refractivity contribution is 5.97. The summed E-state index contributed by atoms with van der Waals surface area (Å²) in [7, 11) is 3.86. The third-order valence-corrected chi connectivity index (χ3v) is 8.06. The van der Waals surface area contributed by atoms with Crippen molar-refractivity contribution in [1.82, 2.24) is 4.90 Å². The molecular formula is C28H37N3O3. The second-order valence-corrected chi connectivity index (χ2v) is 10.3. The highest BCUT2D eigenvalue weighted by Crippen LogP contribution is 2.39. The molecule has 1 N–H and O–H groups in total. The van der Waals surface area contributed by atoms with Crippen LogP contribution in [0.1, 0.15) is 43.2 Å². The van der Waals surface area contributed by atoms with E-state index in [1.54, 1.807) is 7.11 Å². The predicted octanol–water partition coefficient (Wildman–Crippen LogP) is 3.80. The first kappa shape index (κ1) is 23.2. The molecule has 0 bridgehead atoms. The van der Waals surface area contributed by atoms with E-state index < -0.39 is 5.60 Å². The van der Waals surface area contributed by atoms with Gasteiger partial charge in [0.15, 0.2) is 0 Å². The SMILES string of the molecule is COc1ccc(N2CCN(C)CC2)c(CC2CCN(c3ccc(C4(O)CCCC4)cc3)C2=O)c1. The monoisotopic (exact) mass is 463 g/mol. The fourth-order valence-corrected chi connectivity index (χ4v) is 5.86.